The first kappa shape index (κ1) is 19.2. The molecule has 1 amide bonds. The van der Waals surface area contributed by atoms with Crippen molar-refractivity contribution in [2.24, 2.45) is 0 Å². The molecule has 0 aliphatic heterocycles. The zero-order valence-electron chi connectivity index (χ0n) is 12.7. The van der Waals surface area contributed by atoms with Crippen LogP contribution in [0, 0.1) is 0 Å². The Labute approximate surface area is 122 Å². The molecule has 0 aromatic rings. The maximum Gasteiger partial charge on any atom is 0.411 e. The summed E-state index contributed by atoms with van der Waals surface area (Å²) in [7, 11) is 0. The van der Waals surface area contributed by atoms with Gasteiger partial charge in [-0.1, -0.05) is 5.57 Å². The first-order valence-electron chi connectivity index (χ1n) is 6.56. The predicted octanol–water partition coefficient (Wildman–Crippen LogP) is 3.41. The van der Waals surface area contributed by atoms with Crippen molar-refractivity contribution in [3.05, 3.63) is 11.3 Å². The van der Waals surface area contributed by atoms with E-state index in [2.05, 4.69) is 5.32 Å². The Morgan fingerprint density at radius 2 is 1.67 bits per heavy atom. The highest BCUT2D eigenvalue weighted by molar-refractivity contribution is 5.70. The van der Waals surface area contributed by atoms with Crippen molar-refractivity contribution in [1.29, 1.82) is 0 Å². The second-order valence-corrected chi connectivity index (χ2v) is 5.79. The summed E-state index contributed by atoms with van der Waals surface area (Å²) in [6.45, 7) is 7.05. The van der Waals surface area contributed by atoms with Gasteiger partial charge in [0.2, 0.25) is 5.92 Å². The molecule has 1 aliphatic rings. The number of hydrogen-bond acceptors (Lipinski definition) is 4. The molecule has 0 spiro atoms. The number of alkyl halides is 2. The SMILES string of the molecule is CC(NC(=O)OC(C)(C)C)=C1CCC(F)(F)CC1.O=C=O. The molecule has 1 saturated carbocycles. The van der Waals surface area contributed by atoms with Gasteiger partial charge in [-0.3, -0.25) is 5.32 Å². The van der Waals surface area contributed by atoms with E-state index >= 15 is 0 Å². The Kier molecular flexibility index (Phi) is 7.22. The third-order valence-electron chi connectivity index (χ3n) is 2.80. The van der Waals surface area contributed by atoms with Crippen molar-refractivity contribution in [3.8, 4) is 0 Å². The molecule has 1 aliphatic carbocycles. The smallest absolute Gasteiger partial charge is 0.411 e. The van der Waals surface area contributed by atoms with Gasteiger partial charge in [0, 0.05) is 18.5 Å². The normalized spacial score (nSPS) is 17.0. The van der Waals surface area contributed by atoms with Crippen LogP contribution in [0.5, 0.6) is 0 Å². The highest BCUT2D eigenvalue weighted by Gasteiger charge is 2.33. The summed E-state index contributed by atoms with van der Waals surface area (Å²) in [5.74, 6) is -2.56. The highest BCUT2D eigenvalue weighted by atomic mass is 19.3. The Balaban J connectivity index is 0.00000122. The van der Waals surface area contributed by atoms with Crippen LogP contribution in [0.2, 0.25) is 0 Å². The maximum absolute atomic E-state index is 13.0. The number of ether oxygens (including phenoxy) is 1. The Morgan fingerprint density at radius 3 is 2.05 bits per heavy atom. The van der Waals surface area contributed by atoms with E-state index in [1.807, 2.05) is 0 Å². The predicted molar refractivity (Wildman–Crippen MR) is 70.5 cm³/mol. The summed E-state index contributed by atoms with van der Waals surface area (Å²) in [4.78, 5) is 27.8. The number of allylic oxidation sites excluding steroid dienone is 2. The summed E-state index contributed by atoms with van der Waals surface area (Å²) in [6, 6.07) is 0. The van der Waals surface area contributed by atoms with Crippen LogP contribution in [-0.4, -0.2) is 23.8 Å². The fourth-order valence-electron chi connectivity index (χ4n) is 1.84. The molecule has 0 unspecified atom stereocenters. The summed E-state index contributed by atoms with van der Waals surface area (Å²) in [6.07, 6.45) is 0.0825. The van der Waals surface area contributed by atoms with E-state index in [0.717, 1.165) is 5.57 Å². The lowest BCUT2D eigenvalue weighted by molar-refractivity contribution is -0.191. The molecule has 1 rings (SSSR count). The molecule has 0 atom stereocenters. The minimum absolute atomic E-state index is 0.143. The monoisotopic (exact) mass is 305 g/mol. The van der Waals surface area contributed by atoms with Gasteiger partial charge in [-0.15, -0.1) is 0 Å². The van der Waals surface area contributed by atoms with Crippen molar-refractivity contribution in [2.45, 2.75) is 64.9 Å². The fraction of sp³-hybridized carbons (Fsp3) is 0.714. The third kappa shape index (κ3) is 8.92. The van der Waals surface area contributed by atoms with E-state index in [1.54, 1.807) is 27.7 Å². The van der Waals surface area contributed by atoms with Crippen molar-refractivity contribution >= 4 is 12.2 Å². The number of carbonyl (C=O) groups excluding carboxylic acids is 3. The second-order valence-electron chi connectivity index (χ2n) is 5.79. The fourth-order valence-corrected chi connectivity index (χ4v) is 1.84. The first-order chi connectivity index (χ1) is 9.50. The molecule has 0 aromatic heterocycles. The Bertz CT molecular complexity index is 421. The van der Waals surface area contributed by atoms with Crippen LogP contribution in [0.4, 0.5) is 13.6 Å². The molecule has 21 heavy (non-hydrogen) atoms. The van der Waals surface area contributed by atoms with Crippen LogP contribution in [0.3, 0.4) is 0 Å². The van der Waals surface area contributed by atoms with Crippen molar-refractivity contribution in [1.82, 2.24) is 5.32 Å². The quantitative estimate of drug-likeness (QED) is 0.805. The van der Waals surface area contributed by atoms with Crippen LogP contribution in [0.15, 0.2) is 11.3 Å². The van der Waals surface area contributed by atoms with E-state index in [9.17, 15) is 13.6 Å². The summed E-state index contributed by atoms with van der Waals surface area (Å²) in [5.41, 5.74) is 0.959. The topological polar surface area (TPSA) is 72.5 Å². The van der Waals surface area contributed by atoms with Gasteiger partial charge in [0.15, 0.2) is 0 Å². The largest absolute Gasteiger partial charge is 0.444 e. The third-order valence-corrected chi connectivity index (χ3v) is 2.80. The summed E-state index contributed by atoms with van der Waals surface area (Å²) >= 11 is 0. The highest BCUT2D eigenvalue weighted by Crippen LogP contribution is 2.36. The van der Waals surface area contributed by atoms with Crippen molar-refractivity contribution < 1.29 is 27.9 Å². The van der Waals surface area contributed by atoms with Crippen LogP contribution < -0.4 is 5.32 Å². The van der Waals surface area contributed by atoms with Crippen molar-refractivity contribution in [2.75, 3.05) is 0 Å². The van der Waals surface area contributed by atoms with E-state index in [0.29, 0.717) is 18.5 Å². The standard InChI is InChI=1S/C13H21F2NO2.CO2/c1-9(16-11(17)18-12(2,3)4)10-5-7-13(14,15)8-6-10;2-1-3/h5-8H2,1-4H3,(H,16,17);. The lowest BCUT2D eigenvalue weighted by atomic mass is 9.91. The molecular weight excluding hydrogens is 284 g/mol. The van der Waals surface area contributed by atoms with Crippen LogP contribution in [0.1, 0.15) is 53.4 Å². The molecule has 0 radical (unpaired) electrons. The average Bonchev–Trinajstić information content (AvgIpc) is 2.26. The van der Waals surface area contributed by atoms with E-state index in [4.69, 9.17) is 14.3 Å². The molecule has 0 saturated heterocycles. The van der Waals surface area contributed by atoms with E-state index in [-0.39, 0.29) is 19.0 Å². The first-order valence-corrected chi connectivity index (χ1v) is 6.56. The van der Waals surface area contributed by atoms with E-state index < -0.39 is 17.6 Å². The van der Waals surface area contributed by atoms with Gasteiger partial charge < -0.3 is 4.74 Å². The van der Waals surface area contributed by atoms with Crippen LogP contribution in [0.25, 0.3) is 0 Å². The van der Waals surface area contributed by atoms with Gasteiger partial charge >= 0.3 is 12.2 Å². The Hall–Kier alpha value is -1.75. The van der Waals surface area contributed by atoms with Gasteiger partial charge in [0.25, 0.3) is 0 Å². The molecule has 7 heteroatoms. The molecule has 0 aromatic carbocycles. The van der Waals surface area contributed by atoms with Gasteiger partial charge in [-0.25, -0.2) is 13.6 Å². The zero-order chi connectivity index (χ0) is 16.7. The molecular formula is C14H21F2NO4. The average molecular weight is 305 g/mol. The summed E-state index contributed by atoms with van der Waals surface area (Å²) in [5, 5.41) is 2.61. The Morgan fingerprint density at radius 1 is 1.24 bits per heavy atom. The number of rotatable bonds is 1. The lowest BCUT2D eigenvalue weighted by Crippen LogP contribution is -2.32. The lowest BCUT2D eigenvalue weighted by Gasteiger charge is -2.25. The maximum atomic E-state index is 13.0. The van der Waals surface area contributed by atoms with Gasteiger partial charge in [-0.2, -0.15) is 9.59 Å². The number of alkyl carbamates (subject to hydrolysis) is 1. The zero-order valence-corrected chi connectivity index (χ0v) is 12.7. The van der Waals surface area contributed by atoms with E-state index in [1.165, 1.54) is 0 Å². The number of hydrogen-bond donors (Lipinski definition) is 1. The summed E-state index contributed by atoms with van der Waals surface area (Å²) < 4.78 is 31.1. The molecule has 120 valence electrons. The minimum atomic E-state index is -2.56. The minimum Gasteiger partial charge on any atom is -0.444 e. The molecule has 1 N–H and O–H groups in total. The van der Waals surface area contributed by atoms with Gasteiger partial charge in [-0.05, 0) is 40.5 Å². The molecule has 0 heterocycles. The van der Waals surface area contributed by atoms with Gasteiger partial charge in [0.05, 0.1) is 0 Å². The number of halogens is 2. The number of nitrogens with one attached hydrogen (secondary N) is 1. The van der Waals surface area contributed by atoms with Crippen LogP contribution >= 0.6 is 0 Å². The number of carbonyl (C=O) groups is 1. The molecule has 0 bridgehead atoms. The molecule has 5 nitrogen and oxygen atoms in total. The van der Waals surface area contributed by atoms with Gasteiger partial charge in [0.1, 0.15) is 5.60 Å². The van der Waals surface area contributed by atoms with Crippen molar-refractivity contribution in [3.63, 3.8) is 0 Å². The second kappa shape index (κ2) is 7.88. The molecule has 1 fully saturated rings. The van der Waals surface area contributed by atoms with Crippen LogP contribution in [-0.2, 0) is 14.3 Å². The number of amides is 1.